The van der Waals surface area contributed by atoms with Gasteiger partial charge in [-0.15, -0.1) is 0 Å². The number of non-ortho nitro benzene ring substituents is 1. The van der Waals surface area contributed by atoms with Crippen LogP contribution in [-0.4, -0.2) is 18.5 Å². The number of nitro groups is 1. The first-order chi connectivity index (χ1) is 9.00. The Morgan fingerprint density at radius 3 is 2.84 bits per heavy atom. The SMILES string of the molecule is C[C@@H]1c2c(oc3c([N+](=O)[O-])cccc23)[C@@H](C)C[NH+]1C. The third kappa shape index (κ3) is 1.65. The molecule has 0 aliphatic carbocycles. The van der Waals surface area contributed by atoms with E-state index in [1.54, 1.807) is 6.07 Å². The van der Waals surface area contributed by atoms with Gasteiger partial charge in [-0.25, -0.2) is 0 Å². The lowest BCUT2D eigenvalue weighted by Gasteiger charge is -2.29. The van der Waals surface area contributed by atoms with Crippen LogP contribution in [-0.2, 0) is 0 Å². The first-order valence-corrected chi connectivity index (χ1v) is 6.52. The number of para-hydroxylation sites is 1. The van der Waals surface area contributed by atoms with Crippen molar-refractivity contribution in [1.82, 2.24) is 0 Å². The van der Waals surface area contributed by atoms with Crippen LogP contribution < -0.4 is 4.90 Å². The highest BCUT2D eigenvalue weighted by Gasteiger charge is 2.36. The number of fused-ring (bicyclic) bond motifs is 3. The first-order valence-electron chi connectivity index (χ1n) is 6.52. The Morgan fingerprint density at radius 2 is 2.16 bits per heavy atom. The standard InChI is InChI=1S/C14H16N2O3/c1-8-7-15(3)9(2)12-10-5-4-6-11(16(17)18)14(10)19-13(8)12/h4-6,8-9H,7H2,1-3H3/p+1/t8-,9+/m0/s1. The molecule has 0 radical (unpaired) electrons. The maximum atomic E-state index is 11.1. The second kappa shape index (κ2) is 4.06. The summed E-state index contributed by atoms with van der Waals surface area (Å²) in [4.78, 5) is 12.1. The van der Waals surface area contributed by atoms with E-state index >= 15 is 0 Å². The number of quaternary nitrogens is 1. The van der Waals surface area contributed by atoms with E-state index < -0.39 is 0 Å². The van der Waals surface area contributed by atoms with E-state index in [0.717, 1.165) is 23.3 Å². The molecule has 19 heavy (non-hydrogen) atoms. The Hall–Kier alpha value is -1.88. The van der Waals surface area contributed by atoms with Gasteiger partial charge in [0, 0.05) is 11.5 Å². The minimum Gasteiger partial charge on any atom is -0.453 e. The smallest absolute Gasteiger partial charge is 0.312 e. The summed E-state index contributed by atoms with van der Waals surface area (Å²) >= 11 is 0. The zero-order chi connectivity index (χ0) is 13.7. The average Bonchev–Trinajstić information content (AvgIpc) is 2.75. The molecule has 2 aromatic rings. The summed E-state index contributed by atoms with van der Waals surface area (Å²) < 4.78 is 5.86. The molecule has 3 rings (SSSR count). The molecule has 0 fully saturated rings. The molecule has 1 aliphatic rings. The number of hydrogen-bond acceptors (Lipinski definition) is 3. The van der Waals surface area contributed by atoms with Crippen LogP contribution >= 0.6 is 0 Å². The van der Waals surface area contributed by atoms with Gasteiger partial charge in [-0.3, -0.25) is 10.1 Å². The molecule has 5 nitrogen and oxygen atoms in total. The van der Waals surface area contributed by atoms with Crippen molar-refractivity contribution >= 4 is 16.7 Å². The molecular weight excluding hydrogens is 244 g/mol. The van der Waals surface area contributed by atoms with Crippen LogP contribution in [0, 0.1) is 10.1 Å². The van der Waals surface area contributed by atoms with Crippen molar-refractivity contribution in [3.63, 3.8) is 0 Å². The van der Waals surface area contributed by atoms with Crippen LogP contribution in [0.25, 0.3) is 11.0 Å². The minimum atomic E-state index is -0.372. The van der Waals surface area contributed by atoms with Gasteiger partial charge in [0.1, 0.15) is 11.8 Å². The van der Waals surface area contributed by atoms with Gasteiger partial charge in [-0.2, -0.15) is 0 Å². The predicted octanol–water partition coefficient (Wildman–Crippen LogP) is 2.03. The van der Waals surface area contributed by atoms with Gasteiger partial charge < -0.3 is 9.32 Å². The Labute approximate surface area is 111 Å². The number of likely N-dealkylation sites (N-methyl/N-ethyl adjacent to an activating group) is 1. The molecule has 100 valence electrons. The summed E-state index contributed by atoms with van der Waals surface area (Å²) in [5.74, 6) is 1.21. The monoisotopic (exact) mass is 261 g/mol. The molecule has 5 heteroatoms. The largest absolute Gasteiger partial charge is 0.453 e. The fraction of sp³-hybridized carbons (Fsp3) is 0.429. The maximum absolute atomic E-state index is 11.1. The Morgan fingerprint density at radius 1 is 1.42 bits per heavy atom. The summed E-state index contributed by atoms with van der Waals surface area (Å²) in [6.07, 6.45) is 0. The Kier molecular flexibility index (Phi) is 2.60. The van der Waals surface area contributed by atoms with Crippen molar-refractivity contribution in [2.75, 3.05) is 13.6 Å². The molecule has 1 N–H and O–H groups in total. The van der Waals surface area contributed by atoms with Crippen LogP contribution in [0.2, 0.25) is 0 Å². The summed E-state index contributed by atoms with van der Waals surface area (Å²) in [5.41, 5.74) is 1.62. The number of rotatable bonds is 1. The zero-order valence-corrected chi connectivity index (χ0v) is 11.3. The van der Waals surface area contributed by atoms with Gasteiger partial charge in [0.15, 0.2) is 0 Å². The van der Waals surface area contributed by atoms with E-state index in [4.69, 9.17) is 4.42 Å². The van der Waals surface area contributed by atoms with E-state index in [1.165, 1.54) is 11.0 Å². The van der Waals surface area contributed by atoms with Crippen LogP contribution in [0.3, 0.4) is 0 Å². The lowest BCUT2D eigenvalue weighted by Crippen LogP contribution is -3.10. The van der Waals surface area contributed by atoms with Crippen molar-refractivity contribution in [1.29, 1.82) is 0 Å². The van der Waals surface area contributed by atoms with E-state index in [1.807, 2.05) is 6.07 Å². The number of benzene rings is 1. The Bertz CT molecular complexity index is 662. The molecule has 1 aromatic heterocycles. The summed E-state index contributed by atoms with van der Waals surface area (Å²) in [7, 11) is 2.15. The normalized spacial score (nSPS) is 26.4. The second-order valence-corrected chi connectivity index (χ2v) is 5.46. The second-order valence-electron chi connectivity index (χ2n) is 5.46. The minimum absolute atomic E-state index is 0.0592. The van der Waals surface area contributed by atoms with Gasteiger partial charge in [0.2, 0.25) is 5.58 Å². The van der Waals surface area contributed by atoms with Crippen molar-refractivity contribution < 1.29 is 14.2 Å². The molecule has 0 saturated carbocycles. The van der Waals surface area contributed by atoms with Gasteiger partial charge in [-0.05, 0) is 13.8 Å². The third-order valence-corrected chi connectivity index (χ3v) is 4.21. The van der Waals surface area contributed by atoms with E-state index in [-0.39, 0.29) is 10.6 Å². The first kappa shape index (κ1) is 12.2. The summed E-state index contributed by atoms with van der Waals surface area (Å²) in [5, 5.41) is 12.0. The number of nitrogens with zero attached hydrogens (tertiary/aromatic N) is 1. The number of hydrogen-bond donors (Lipinski definition) is 1. The maximum Gasteiger partial charge on any atom is 0.312 e. The number of furan rings is 1. The van der Waals surface area contributed by atoms with E-state index in [0.29, 0.717) is 17.5 Å². The van der Waals surface area contributed by atoms with Crippen LogP contribution in [0.4, 0.5) is 5.69 Å². The van der Waals surface area contributed by atoms with Gasteiger partial charge in [0.05, 0.1) is 30.0 Å². The van der Waals surface area contributed by atoms with Crippen molar-refractivity contribution in [2.45, 2.75) is 25.8 Å². The van der Waals surface area contributed by atoms with Crippen LogP contribution in [0.15, 0.2) is 22.6 Å². The zero-order valence-electron chi connectivity index (χ0n) is 11.3. The summed E-state index contributed by atoms with van der Waals surface area (Å²) in [6, 6.07) is 5.46. The molecule has 0 spiro atoms. The predicted molar refractivity (Wildman–Crippen MR) is 71.5 cm³/mol. The average molecular weight is 261 g/mol. The van der Waals surface area contributed by atoms with Crippen molar-refractivity contribution in [3.8, 4) is 0 Å². The lowest BCUT2D eigenvalue weighted by molar-refractivity contribution is -0.914. The van der Waals surface area contributed by atoms with Crippen molar-refractivity contribution in [2.24, 2.45) is 0 Å². The quantitative estimate of drug-likeness (QED) is 0.631. The van der Waals surface area contributed by atoms with Crippen molar-refractivity contribution in [3.05, 3.63) is 39.6 Å². The molecule has 0 saturated heterocycles. The third-order valence-electron chi connectivity index (χ3n) is 4.21. The lowest BCUT2D eigenvalue weighted by atomic mass is 9.92. The van der Waals surface area contributed by atoms with Gasteiger partial charge in [0.25, 0.3) is 0 Å². The molecule has 3 atom stereocenters. The summed E-state index contributed by atoms with van der Waals surface area (Å²) in [6.45, 7) is 5.25. The van der Waals surface area contributed by atoms with Gasteiger partial charge in [-0.1, -0.05) is 12.1 Å². The number of nitrogens with one attached hydrogen (secondary N) is 1. The highest BCUT2D eigenvalue weighted by molar-refractivity contribution is 5.90. The number of nitro benzene ring substituents is 1. The molecule has 2 heterocycles. The molecule has 0 amide bonds. The van der Waals surface area contributed by atoms with Gasteiger partial charge >= 0.3 is 5.69 Å². The fourth-order valence-corrected chi connectivity index (χ4v) is 3.10. The Balaban J connectivity index is 2.34. The van der Waals surface area contributed by atoms with E-state index in [9.17, 15) is 10.1 Å². The van der Waals surface area contributed by atoms with E-state index in [2.05, 4.69) is 20.9 Å². The van der Waals surface area contributed by atoms with Crippen LogP contribution in [0.5, 0.6) is 0 Å². The topological polar surface area (TPSA) is 60.7 Å². The molecular formula is C14H17N2O3+. The molecule has 1 aromatic carbocycles. The molecule has 1 aliphatic heterocycles. The fourth-order valence-electron chi connectivity index (χ4n) is 3.10. The van der Waals surface area contributed by atoms with Crippen LogP contribution in [0.1, 0.15) is 37.1 Å². The molecule has 0 bridgehead atoms. The highest BCUT2D eigenvalue weighted by atomic mass is 16.6. The highest BCUT2D eigenvalue weighted by Crippen LogP contribution is 2.39. The molecule has 1 unspecified atom stereocenters.